The minimum atomic E-state index is -0.931. The lowest BCUT2D eigenvalue weighted by molar-refractivity contribution is -0.385. The van der Waals surface area contributed by atoms with Crippen molar-refractivity contribution >= 4 is 17.3 Å². The molecule has 0 amide bonds. The Morgan fingerprint density at radius 3 is 2.81 bits per heavy atom. The minimum absolute atomic E-state index is 0.00981. The van der Waals surface area contributed by atoms with E-state index < -0.39 is 34.4 Å². The molecule has 8 heteroatoms. The lowest BCUT2D eigenvalue weighted by Crippen LogP contribution is -2.30. The quantitative estimate of drug-likeness (QED) is 0.639. The van der Waals surface area contributed by atoms with E-state index in [9.17, 15) is 19.3 Å². The van der Waals surface area contributed by atoms with E-state index in [0.717, 1.165) is 12.5 Å². The summed E-state index contributed by atoms with van der Waals surface area (Å²) in [5, 5.41) is 22.7. The molecule has 1 aliphatic carbocycles. The third-order valence-electron chi connectivity index (χ3n) is 3.64. The molecule has 2 atom stereocenters. The third kappa shape index (κ3) is 3.04. The number of carbonyl (C=O) groups is 1. The second-order valence-corrected chi connectivity index (χ2v) is 4.89. The van der Waals surface area contributed by atoms with Gasteiger partial charge in [-0.2, -0.15) is 0 Å². The van der Waals surface area contributed by atoms with Crippen LogP contribution in [0.4, 0.5) is 15.8 Å². The number of methoxy groups -OCH3 is 1. The van der Waals surface area contributed by atoms with Gasteiger partial charge in [0.15, 0.2) is 11.6 Å². The van der Waals surface area contributed by atoms with Crippen LogP contribution in [0.2, 0.25) is 0 Å². The molecular formula is C13H15FN2O5. The highest BCUT2D eigenvalue weighted by atomic mass is 19.1. The first-order valence-electron chi connectivity index (χ1n) is 6.45. The number of hydrogen-bond donors (Lipinski definition) is 2. The van der Waals surface area contributed by atoms with E-state index in [2.05, 4.69) is 5.32 Å². The van der Waals surface area contributed by atoms with Gasteiger partial charge in [0.2, 0.25) is 0 Å². The van der Waals surface area contributed by atoms with Gasteiger partial charge in [-0.3, -0.25) is 14.9 Å². The number of nitro benzene ring substituents is 1. The monoisotopic (exact) mass is 298 g/mol. The molecule has 7 nitrogen and oxygen atoms in total. The molecule has 0 spiro atoms. The summed E-state index contributed by atoms with van der Waals surface area (Å²) in [5.41, 5.74) is -0.461. The highest BCUT2D eigenvalue weighted by molar-refractivity contribution is 5.72. The van der Waals surface area contributed by atoms with Gasteiger partial charge in [-0.1, -0.05) is 6.42 Å². The van der Waals surface area contributed by atoms with Crippen molar-refractivity contribution in [2.75, 3.05) is 12.4 Å². The molecule has 0 bridgehead atoms. The SMILES string of the molecule is COc1cc(NC2CCCC2C(=O)O)c(F)cc1[N+](=O)[O-]. The number of carboxylic acids is 1. The normalized spacial score (nSPS) is 21.0. The van der Waals surface area contributed by atoms with E-state index in [1.54, 1.807) is 0 Å². The number of hydrogen-bond acceptors (Lipinski definition) is 5. The fourth-order valence-electron chi connectivity index (χ4n) is 2.59. The summed E-state index contributed by atoms with van der Waals surface area (Å²) in [5.74, 6) is -2.41. The molecule has 2 N–H and O–H groups in total. The lowest BCUT2D eigenvalue weighted by atomic mass is 10.0. The highest BCUT2D eigenvalue weighted by Crippen LogP contribution is 2.35. The van der Waals surface area contributed by atoms with Crippen LogP contribution in [0.15, 0.2) is 12.1 Å². The zero-order valence-electron chi connectivity index (χ0n) is 11.3. The van der Waals surface area contributed by atoms with Gasteiger partial charge in [0.25, 0.3) is 0 Å². The van der Waals surface area contributed by atoms with Crippen LogP contribution >= 0.6 is 0 Å². The number of nitrogens with zero attached hydrogens (tertiary/aromatic N) is 1. The largest absolute Gasteiger partial charge is 0.490 e. The topological polar surface area (TPSA) is 102 Å². The molecule has 1 aromatic rings. The Morgan fingerprint density at radius 2 is 2.24 bits per heavy atom. The van der Waals surface area contributed by atoms with Crippen molar-refractivity contribution in [1.29, 1.82) is 0 Å². The third-order valence-corrected chi connectivity index (χ3v) is 3.64. The fourth-order valence-corrected chi connectivity index (χ4v) is 2.59. The van der Waals surface area contributed by atoms with Crippen LogP contribution < -0.4 is 10.1 Å². The maximum Gasteiger partial charge on any atom is 0.313 e. The van der Waals surface area contributed by atoms with Crippen LogP contribution in [0.1, 0.15) is 19.3 Å². The molecule has 2 rings (SSSR count). The van der Waals surface area contributed by atoms with Crippen LogP contribution in [0.25, 0.3) is 0 Å². The smallest absolute Gasteiger partial charge is 0.313 e. The number of nitrogens with one attached hydrogen (secondary N) is 1. The Hall–Kier alpha value is -2.38. The summed E-state index contributed by atoms with van der Waals surface area (Å²) in [6.45, 7) is 0. The molecule has 1 fully saturated rings. The Kier molecular flexibility index (Phi) is 4.25. The van der Waals surface area contributed by atoms with E-state index in [1.807, 2.05) is 0 Å². The van der Waals surface area contributed by atoms with Crippen molar-refractivity contribution < 1.29 is 24.0 Å². The Bertz CT molecular complexity index is 578. The van der Waals surface area contributed by atoms with Crippen molar-refractivity contribution in [3.63, 3.8) is 0 Å². The second-order valence-electron chi connectivity index (χ2n) is 4.89. The molecule has 2 unspecified atom stereocenters. The number of nitro groups is 1. The van der Waals surface area contributed by atoms with Crippen molar-refractivity contribution in [2.45, 2.75) is 25.3 Å². The molecular weight excluding hydrogens is 283 g/mol. The molecule has 21 heavy (non-hydrogen) atoms. The van der Waals surface area contributed by atoms with Crippen molar-refractivity contribution in [1.82, 2.24) is 0 Å². The van der Waals surface area contributed by atoms with Gasteiger partial charge in [-0.25, -0.2) is 4.39 Å². The first-order chi connectivity index (χ1) is 9.93. The average Bonchev–Trinajstić information content (AvgIpc) is 2.88. The van der Waals surface area contributed by atoms with Crippen molar-refractivity contribution in [3.8, 4) is 5.75 Å². The summed E-state index contributed by atoms with van der Waals surface area (Å²) >= 11 is 0. The molecule has 0 heterocycles. The predicted molar refractivity (Wildman–Crippen MR) is 72.0 cm³/mol. The van der Waals surface area contributed by atoms with Gasteiger partial charge in [-0.15, -0.1) is 0 Å². The molecule has 0 aliphatic heterocycles. The predicted octanol–water partition coefficient (Wildman–Crippen LogP) is 2.41. The van der Waals surface area contributed by atoms with Crippen LogP contribution in [0.3, 0.4) is 0 Å². The number of carboxylic acid groups (broad SMARTS) is 1. The first kappa shape index (κ1) is 15.0. The Balaban J connectivity index is 2.28. The maximum absolute atomic E-state index is 13.9. The molecule has 114 valence electrons. The van der Waals surface area contributed by atoms with Crippen LogP contribution in [-0.2, 0) is 4.79 Å². The van der Waals surface area contributed by atoms with Gasteiger partial charge >= 0.3 is 11.7 Å². The summed E-state index contributed by atoms with van der Waals surface area (Å²) in [6, 6.07) is 1.56. The van der Waals surface area contributed by atoms with Gasteiger partial charge < -0.3 is 15.2 Å². The molecule has 0 aromatic heterocycles. The number of ether oxygens (including phenoxy) is 1. The highest BCUT2D eigenvalue weighted by Gasteiger charge is 2.33. The fraction of sp³-hybridized carbons (Fsp3) is 0.462. The number of rotatable bonds is 5. The van der Waals surface area contributed by atoms with E-state index in [1.165, 1.54) is 13.2 Å². The van der Waals surface area contributed by atoms with Gasteiger partial charge in [0.05, 0.1) is 29.7 Å². The van der Waals surface area contributed by atoms with Crippen LogP contribution in [0.5, 0.6) is 5.75 Å². The number of halogens is 1. The van der Waals surface area contributed by atoms with E-state index in [4.69, 9.17) is 9.84 Å². The second kappa shape index (κ2) is 5.94. The summed E-state index contributed by atoms with van der Waals surface area (Å²) in [4.78, 5) is 21.2. The Labute approximate surface area is 119 Å². The molecule has 1 saturated carbocycles. The Morgan fingerprint density at radius 1 is 1.52 bits per heavy atom. The van der Waals surface area contributed by atoms with Gasteiger partial charge in [-0.05, 0) is 12.8 Å². The molecule has 1 aromatic carbocycles. The van der Waals surface area contributed by atoms with E-state index in [-0.39, 0.29) is 11.4 Å². The van der Waals surface area contributed by atoms with Crippen molar-refractivity contribution in [2.24, 2.45) is 5.92 Å². The van der Waals surface area contributed by atoms with Gasteiger partial charge in [0, 0.05) is 12.1 Å². The maximum atomic E-state index is 13.9. The zero-order valence-corrected chi connectivity index (χ0v) is 11.3. The minimum Gasteiger partial charge on any atom is -0.490 e. The lowest BCUT2D eigenvalue weighted by Gasteiger charge is -2.19. The zero-order chi connectivity index (χ0) is 15.6. The van der Waals surface area contributed by atoms with Crippen LogP contribution in [-0.4, -0.2) is 29.2 Å². The summed E-state index contributed by atoms with van der Waals surface area (Å²) < 4.78 is 18.8. The number of anilines is 1. The van der Waals surface area contributed by atoms with E-state index in [0.29, 0.717) is 12.8 Å². The molecule has 1 aliphatic rings. The average molecular weight is 298 g/mol. The number of aliphatic carboxylic acids is 1. The summed E-state index contributed by atoms with van der Waals surface area (Å²) in [6.07, 6.45) is 1.87. The van der Waals surface area contributed by atoms with Crippen LogP contribution in [0, 0.1) is 21.8 Å². The standard InChI is InChI=1S/C13H15FN2O5/c1-21-12-6-10(8(14)5-11(12)16(19)20)15-9-4-2-3-7(9)13(17)18/h5-7,9,15H,2-4H2,1H3,(H,17,18). The summed E-state index contributed by atoms with van der Waals surface area (Å²) in [7, 11) is 1.25. The number of benzene rings is 1. The van der Waals surface area contributed by atoms with E-state index >= 15 is 0 Å². The molecule has 0 saturated heterocycles. The first-order valence-corrected chi connectivity index (χ1v) is 6.45. The van der Waals surface area contributed by atoms with Gasteiger partial charge in [0.1, 0.15) is 0 Å². The van der Waals surface area contributed by atoms with Crippen molar-refractivity contribution in [3.05, 3.63) is 28.1 Å². The molecule has 0 radical (unpaired) electrons.